The van der Waals surface area contributed by atoms with E-state index in [1.165, 1.54) is 5.01 Å². The Bertz CT molecular complexity index is 412. The van der Waals surface area contributed by atoms with E-state index in [1.54, 1.807) is 0 Å². The number of benzene rings is 1. The molecule has 16 heavy (non-hydrogen) atoms. The van der Waals surface area contributed by atoms with Gasteiger partial charge in [0.1, 0.15) is 0 Å². The van der Waals surface area contributed by atoms with Gasteiger partial charge in [-0.3, -0.25) is 5.41 Å². The molecule has 0 saturated carbocycles. The Morgan fingerprint density at radius 3 is 2.44 bits per heavy atom. The van der Waals surface area contributed by atoms with Gasteiger partial charge in [0.15, 0.2) is 0 Å². The van der Waals surface area contributed by atoms with E-state index in [9.17, 15) is 0 Å². The van der Waals surface area contributed by atoms with E-state index >= 15 is 0 Å². The quantitative estimate of drug-likeness (QED) is 0.273. The van der Waals surface area contributed by atoms with Crippen LogP contribution in [-0.4, -0.2) is 16.9 Å². The number of hydrogen-bond donors (Lipinski definition) is 4. The number of guanidine groups is 2. The predicted octanol–water partition coefficient (Wildman–Crippen LogP) is 0.175. The van der Waals surface area contributed by atoms with Crippen LogP contribution < -0.4 is 17.2 Å². The largest absolute Gasteiger partial charge is 0.369 e. The smallest absolute Gasteiger partial charge is 0.209 e. The number of halogens is 1. The molecule has 1 aromatic rings. The fourth-order valence-electron chi connectivity index (χ4n) is 1.10. The van der Waals surface area contributed by atoms with Gasteiger partial charge in [0.05, 0.1) is 6.54 Å². The fraction of sp³-hybridized carbons (Fsp3) is 0.111. The van der Waals surface area contributed by atoms with Crippen LogP contribution in [0.25, 0.3) is 0 Å². The van der Waals surface area contributed by atoms with E-state index in [0.717, 1.165) is 9.13 Å². The number of nitrogens with zero attached hydrogens (tertiary/aromatic N) is 2. The maximum Gasteiger partial charge on any atom is 0.209 e. The molecule has 0 saturated heterocycles. The lowest BCUT2D eigenvalue weighted by atomic mass is 10.2. The van der Waals surface area contributed by atoms with E-state index in [4.69, 9.17) is 22.6 Å². The minimum Gasteiger partial charge on any atom is -0.369 e. The molecular formula is C9H13IN6. The third-order valence-electron chi connectivity index (χ3n) is 1.79. The van der Waals surface area contributed by atoms with Crippen molar-refractivity contribution in [1.82, 2.24) is 5.01 Å². The Morgan fingerprint density at radius 2 is 1.94 bits per heavy atom. The Hall–Kier alpha value is -1.51. The summed E-state index contributed by atoms with van der Waals surface area (Å²) in [5.41, 5.74) is 16.9. The van der Waals surface area contributed by atoms with Gasteiger partial charge in [-0.05, 0) is 34.2 Å². The van der Waals surface area contributed by atoms with E-state index in [1.807, 2.05) is 24.3 Å². The standard InChI is InChI=1S/C9H13IN6/c10-7-4-2-1-3-6(7)5-16(9(13)14)15-8(11)12/h1-4H,5H2,(H3,13,14)(H4,11,12,15). The molecule has 7 heteroatoms. The zero-order chi connectivity index (χ0) is 12.1. The highest BCUT2D eigenvalue weighted by Crippen LogP contribution is 2.13. The lowest BCUT2D eigenvalue weighted by Crippen LogP contribution is -2.36. The molecule has 0 aromatic heterocycles. The van der Waals surface area contributed by atoms with Gasteiger partial charge < -0.3 is 17.2 Å². The van der Waals surface area contributed by atoms with Gasteiger partial charge in [-0.25, -0.2) is 5.01 Å². The topological polar surface area (TPSA) is 118 Å². The van der Waals surface area contributed by atoms with Crippen LogP contribution >= 0.6 is 22.6 Å². The van der Waals surface area contributed by atoms with Crippen LogP contribution in [0.4, 0.5) is 0 Å². The van der Waals surface area contributed by atoms with Crippen LogP contribution in [0.1, 0.15) is 5.56 Å². The highest BCUT2D eigenvalue weighted by atomic mass is 127. The van der Waals surface area contributed by atoms with Crippen molar-refractivity contribution in [2.24, 2.45) is 22.3 Å². The maximum atomic E-state index is 7.35. The van der Waals surface area contributed by atoms with E-state index in [0.29, 0.717) is 6.54 Å². The first-order chi connectivity index (χ1) is 7.50. The highest BCUT2D eigenvalue weighted by molar-refractivity contribution is 14.1. The van der Waals surface area contributed by atoms with Crippen molar-refractivity contribution in [3.8, 4) is 0 Å². The van der Waals surface area contributed by atoms with Gasteiger partial charge in [-0.2, -0.15) is 0 Å². The van der Waals surface area contributed by atoms with Crippen LogP contribution in [0.15, 0.2) is 29.4 Å². The molecule has 0 bridgehead atoms. The van der Waals surface area contributed by atoms with Gasteiger partial charge in [-0.1, -0.05) is 18.2 Å². The molecule has 6 nitrogen and oxygen atoms in total. The number of nitrogens with two attached hydrogens (primary N) is 3. The Balaban J connectivity index is 2.89. The van der Waals surface area contributed by atoms with Gasteiger partial charge in [-0.15, -0.1) is 5.10 Å². The molecule has 0 fully saturated rings. The molecule has 0 heterocycles. The average molecular weight is 332 g/mol. The molecule has 7 N–H and O–H groups in total. The van der Waals surface area contributed by atoms with Gasteiger partial charge >= 0.3 is 0 Å². The second kappa shape index (κ2) is 5.54. The van der Waals surface area contributed by atoms with E-state index < -0.39 is 0 Å². The molecule has 86 valence electrons. The molecule has 0 spiro atoms. The number of hydrazone groups is 1. The van der Waals surface area contributed by atoms with Crippen molar-refractivity contribution < 1.29 is 0 Å². The molecular weight excluding hydrogens is 319 g/mol. The summed E-state index contributed by atoms with van der Waals surface area (Å²) in [5, 5.41) is 12.4. The Morgan fingerprint density at radius 1 is 1.31 bits per heavy atom. The third-order valence-corrected chi connectivity index (χ3v) is 2.84. The summed E-state index contributed by atoms with van der Waals surface area (Å²) in [6.45, 7) is 0.367. The van der Waals surface area contributed by atoms with Crippen LogP contribution in [0.5, 0.6) is 0 Å². The minimum absolute atomic E-state index is 0.124. The van der Waals surface area contributed by atoms with Gasteiger partial charge in [0.2, 0.25) is 11.9 Å². The van der Waals surface area contributed by atoms with Crippen molar-refractivity contribution in [3.63, 3.8) is 0 Å². The SMILES string of the molecule is N=C(N)N(Cc1ccccc1I)N=C(N)N. The lowest BCUT2D eigenvalue weighted by Gasteiger charge is -2.17. The lowest BCUT2D eigenvalue weighted by molar-refractivity contribution is 0.428. The molecule has 0 atom stereocenters. The molecule has 0 unspecified atom stereocenters. The van der Waals surface area contributed by atoms with Crippen molar-refractivity contribution >= 4 is 34.5 Å². The minimum atomic E-state index is -0.201. The number of nitrogens with one attached hydrogen (secondary N) is 1. The second-order valence-corrected chi connectivity index (χ2v) is 4.22. The highest BCUT2D eigenvalue weighted by Gasteiger charge is 2.08. The third kappa shape index (κ3) is 3.57. The van der Waals surface area contributed by atoms with Crippen molar-refractivity contribution in [2.75, 3.05) is 0 Å². The van der Waals surface area contributed by atoms with Crippen molar-refractivity contribution in [3.05, 3.63) is 33.4 Å². The van der Waals surface area contributed by atoms with Crippen LogP contribution in [0.2, 0.25) is 0 Å². The summed E-state index contributed by atoms with van der Waals surface area (Å²) in [4.78, 5) is 0. The summed E-state index contributed by atoms with van der Waals surface area (Å²) in [7, 11) is 0. The molecule has 0 amide bonds. The average Bonchev–Trinajstić information content (AvgIpc) is 2.19. The second-order valence-electron chi connectivity index (χ2n) is 3.06. The molecule has 0 aliphatic rings. The summed E-state index contributed by atoms with van der Waals surface area (Å²) in [5.74, 6) is -0.325. The zero-order valence-corrected chi connectivity index (χ0v) is 10.7. The van der Waals surface area contributed by atoms with Crippen LogP contribution in [0.3, 0.4) is 0 Å². The summed E-state index contributed by atoms with van der Waals surface area (Å²) < 4.78 is 1.07. The fourth-order valence-corrected chi connectivity index (χ4v) is 1.66. The Kier molecular flexibility index (Phi) is 4.35. The molecule has 1 rings (SSSR count). The molecule has 0 aliphatic carbocycles. The first-order valence-corrected chi connectivity index (χ1v) is 5.53. The molecule has 1 aromatic carbocycles. The first-order valence-electron chi connectivity index (χ1n) is 4.45. The predicted molar refractivity (Wildman–Crippen MR) is 72.4 cm³/mol. The number of rotatable bonds is 3. The maximum absolute atomic E-state index is 7.35. The van der Waals surface area contributed by atoms with Crippen molar-refractivity contribution in [1.29, 1.82) is 5.41 Å². The Labute approximate surface area is 107 Å². The summed E-state index contributed by atoms with van der Waals surface area (Å²) in [6.07, 6.45) is 0. The van der Waals surface area contributed by atoms with Crippen LogP contribution in [0, 0.1) is 8.98 Å². The van der Waals surface area contributed by atoms with Crippen molar-refractivity contribution in [2.45, 2.75) is 6.54 Å². The normalized spacial score (nSPS) is 9.56. The van der Waals surface area contributed by atoms with Crippen LogP contribution in [-0.2, 0) is 6.54 Å². The first kappa shape index (κ1) is 12.6. The van der Waals surface area contributed by atoms with Gasteiger partial charge in [0.25, 0.3) is 0 Å². The molecule has 0 aliphatic heterocycles. The molecule has 0 radical (unpaired) electrons. The number of hydrogen-bond acceptors (Lipinski definition) is 2. The van der Waals surface area contributed by atoms with E-state index in [-0.39, 0.29) is 11.9 Å². The zero-order valence-electron chi connectivity index (χ0n) is 8.52. The summed E-state index contributed by atoms with van der Waals surface area (Å²) >= 11 is 2.20. The monoisotopic (exact) mass is 332 g/mol. The van der Waals surface area contributed by atoms with E-state index in [2.05, 4.69) is 27.7 Å². The summed E-state index contributed by atoms with van der Waals surface area (Å²) in [6, 6.07) is 7.74. The van der Waals surface area contributed by atoms with Gasteiger partial charge in [0, 0.05) is 3.57 Å².